The topological polar surface area (TPSA) is 280 Å². The number of aromatic hydroxyl groups is 2. The first-order valence-electron chi connectivity index (χ1n) is 16.9. The quantitative estimate of drug-likeness (QED) is 0.0368. The van der Waals surface area contributed by atoms with Crippen LogP contribution in [0.3, 0.4) is 0 Å². The van der Waals surface area contributed by atoms with Crippen LogP contribution in [0.15, 0.2) is 33.9 Å². The summed E-state index contributed by atoms with van der Waals surface area (Å²) >= 11 is 8.40. The van der Waals surface area contributed by atoms with Crippen molar-refractivity contribution < 1.29 is 63.3 Å². The highest BCUT2D eigenvalue weighted by atomic mass is 35.5. The van der Waals surface area contributed by atoms with Gasteiger partial charge in [-0.3, -0.25) is 24.1 Å². The average Bonchev–Trinajstić information content (AvgIpc) is 3.60. The molecular formula is C33H37ClN7O12S2+. The smallest absolute Gasteiger partial charge is 0.355 e. The van der Waals surface area contributed by atoms with Crippen molar-refractivity contribution in [1.82, 2.24) is 20.5 Å². The normalized spacial score (nSPS) is 26.4. The van der Waals surface area contributed by atoms with Crippen molar-refractivity contribution >= 4 is 81.2 Å². The third-order valence-corrected chi connectivity index (χ3v) is 12.8. The number of nitrogen functional groups attached to an aromatic ring is 1. The van der Waals surface area contributed by atoms with Crippen molar-refractivity contribution in [2.75, 3.05) is 32.2 Å². The Balaban J connectivity index is 1.17. The summed E-state index contributed by atoms with van der Waals surface area (Å²) in [4.78, 5) is 86.5. The second kappa shape index (κ2) is 15.6. The maximum atomic E-state index is 13.7. The number of phenolic OH excluding ortho intramolecular Hbond substituents is 2. The number of carbonyl (C=O) groups is 6. The predicted octanol–water partition coefficient (Wildman–Crippen LogP) is 0.836. The minimum Gasteiger partial charge on any atom is -0.504 e. The lowest BCUT2D eigenvalue weighted by Gasteiger charge is -2.52. The first-order valence-corrected chi connectivity index (χ1v) is 19.2. The Labute approximate surface area is 325 Å². The molecule has 55 heavy (non-hydrogen) atoms. The number of carbonyl (C=O) groups excluding carboxylic acids is 4. The van der Waals surface area contributed by atoms with Crippen LogP contribution in [0.2, 0.25) is 5.02 Å². The van der Waals surface area contributed by atoms with E-state index in [9.17, 15) is 44.1 Å². The zero-order chi connectivity index (χ0) is 39.9. The van der Waals surface area contributed by atoms with Crippen LogP contribution in [0.4, 0.5) is 5.13 Å². The number of benzene rings is 1. The number of hydrogen-bond donors (Lipinski definition) is 7. The number of rotatable bonds is 13. The molecule has 4 aliphatic rings. The molecule has 3 saturated heterocycles. The Kier molecular flexibility index (Phi) is 11.2. The molecule has 19 nitrogen and oxygen atoms in total. The van der Waals surface area contributed by atoms with Gasteiger partial charge in [0, 0.05) is 48.4 Å². The van der Waals surface area contributed by atoms with E-state index in [2.05, 4.69) is 27.8 Å². The zero-order valence-electron chi connectivity index (χ0n) is 29.3. The Morgan fingerprint density at radius 2 is 1.84 bits per heavy atom. The number of phenols is 2. The van der Waals surface area contributed by atoms with Crippen LogP contribution < -0.4 is 16.4 Å². The predicted molar refractivity (Wildman–Crippen MR) is 195 cm³/mol. The third-order valence-electron chi connectivity index (χ3n) is 10.4. The fraction of sp³-hybridized carbons (Fsp3) is 0.455. The number of thioether (sulfide) groups is 1. The summed E-state index contributed by atoms with van der Waals surface area (Å²) in [5.74, 6) is -6.59. The monoisotopic (exact) mass is 822 g/mol. The van der Waals surface area contributed by atoms with Crippen molar-refractivity contribution in [3.63, 3.8) is 0 Å². The molecule has 4 aliphatic heterocycles. The summed E-state index contributed by atoms with van der Waals surface area (Å²) in [6, 6.07) is 1.38. The van der Waals surface area contributed by atoms with Gasteiger partial charge in [-0.15, -0.1) is 23.1 Å². The summed E-state index contributed by atoms with van der Waals surface area (Å²) in [5.41, 5.74) is 5.88. The average molecular weight is 823 g/mol. The Morgan fingerprint density at radius 3 is 2.44 bits per heavy atom. The van der Waals surface area contributed by atoms with Crippen LogP contribution in [0.1, 0.15) is 48.2 Å². The number of methoxy groups -OCH3 is 1. The van der Waals surface area contributed by atoms with Gasteiger partial charge in [0.1, 0.15) is 29.4 Å². The molecule has 1 aromatic heterocycles. The minimum absolute atomic E-state index is 0.0368. The maximum Gasteiger partial charge on any atom is 0.355 e. The number of anilines is 1. The minimum atomic E-state index is -1.93. The summed E-state index contributed by atoms with van der Waals surface area (Å²) < 4.78 is 5.69. The van der Waals surface area contributed by atoms with Crippen LogP contribution in [0.25, 0.3) is 0 Å². The number of likely N-dealkylation sites (N-methyl/N-ethyl adjacent to an activating group) is 1. The molecule has 294 valence electrons. The summed E-state index contributed by atoms with van der Waals surface area (Å²) in [7, 11) is 3.30. The molecule has 0 radical (unpaired) electrons. The number of fused-ring (bicyclic) bond motifs is 3. The molecule has 0 spiro atoms. The summed E-state index contributed by atoms with van der Waals surface area (Å²) in [6.07, 6.45) is 0.0881. The van der Waals surface area contributed by atoms with E-state index in [1.54, 1.807) is 0 Å². The van der Waals surface area contributed by atoms with Gasteiger partial charge in [0.2, 0.25) is 6.10 Å². The molecule has 22 heteroatoms. The molecule has 2 bridgehead atoms. The molecule has 0 saturated carbocycles. The number of β-lactam (4-membered cyclic amide) rings is 1. The number of piperidine rings is 1. The molecule has 8 N–H and O–H groups in total. The summed E-state index contributed by atoms with van der Waals surface area (Å²) in [5, 5.41) is 47.7. The first kappa shape index (κ1) is 39.6. The molecular weight excluding hydrogens is 786 g/mol. The number of thiazole rings is 1. The molecule has 7 atom stereocenters. The highest BCUT2D eigenvalue weighted by Gasteiger charge is 2.57. The van der Waals surface area contributed by atoms with Gasteiger partial charge in [-0.25, -0.2) is 14.6 Å². The van der Waals surface area contributed by atoms with Gasteiger partial charge in [-0.05, 0) is 12.1 Å². The van der Waals surface area contributed by atoms with E-state index in [0.717, 1.165) is 24.2 Å². The molecule has 6 rings (SSSR count). The number of halogens is 1. The third kappa shape index (κ3) is 7.60. The molecule has 3 amide bonds. The highest BCUT2D eigenvalue weighted by Crippen LogP contribution is 2.46. The fourth-order valence-electron chi connectivity index (χ4n) is 7.67. The lowest BCUT2D eigenvalue weighted by atomic mass is 9.92. The SMILES string of the molecule is COC(=O)C1=C(C[N+]2(C)[C@@H]3CC[C@H]2CC(NC(=O)c2ccc(O)c(O)c2Cl)C3)CS[C@@H]2[C@H](NC(=O)/C(=N\O[C@@H](CC(=O)O)C(=O)O)c3csc(N)n3)C(=O)N12. The van der Waals surface area contributed by atoms with Crippen LogP contribution in [0, 0.1) is 0 Å². The number of nitrogens with zero attached hydrogens (tertiary/aromatic N) is 4. The molecule has 2 unspecified atom stereocenters. The van der Waals surface area contributed by atoms with Gasteiger partial charge in [0.05, 0.1) is 43.2 Å². The highest BCUT2D eigenvalue weighted by molar-refractivity contribution is 8.00. The van der Waals surface area contributed by atoms with E-state index in [0.29, 0.717) is 35.2 Å². The molecule has 0 aliphatic carbocycles. The number of esters is 1. The van der Waals surface area contributed by atoms with Crippen molar-refractivity contribution in [3.05, 3.63) is 45.1 Å². The Hall–Kier alpha value is -5.12. The number of carboxylic acids is 2. The Bertz CT molecular complexity index is 2010. The number of nitrogens with two attached hydrogens (primary N) is 1. The summed E-state index contributed by atoms with van der Waals surface area (Å²) in [6.45, 7) is 0.416. The number of ether oxygens (including phenoxy) is 1. The van der Waals surface area contributed by atoms with Crippen molar-refractivity contribution in [3.8, 4) is 11.5 Å². The standard InChI is InChI=1S/C33H36ClN7O12S2/c1-41(15-3-4-16(41)8-14(7-15)36-27(46)17-5-6-19(42)26(45)22(17)34)10-13-11-54-30-24(29(48)40(30)25(13)32(51)52-2)38-28(47)23(18-12-55-33(35)37-18)39-53-20(31(49)50)9-21(43)44/h5-6,12,14-16,20,24,30H,3-4,7-11H2,1-2H3,(H7-,35,36,37,38,39,42,43,44,45,46,47,49,50)/p+1/t14?,15-,16+,20-,24+,30+,41?/m0/s1. The molecule has 2 aromatic rings. The number of oxime groups is 1. The van der Waals surface area contributed by atoms with E-state index in [4.69, 9.17) is 32.0 Å². The number of carboxylic acid groups (broad SMARTS) is 2. The molecule has 1 aromatic carbocycles. The van der Waals surface area contributed by atoms with Gasteiger partial charge in [0.15, 0.2) is 22.3 Å². The lowest BCUT2D eigenvalue weighted by molar-refractivity contribution is -0.944. The maximum absolute atomic E-state index is 13.7. The second-order valence-corrected chi connectivity index (χ2v) is 16.0. The van der Waals surface area contributed by atoms with Crippen LogP contribution in [-0.4, -0.2) is 138 Å². The fourth-order valence-corrected chi connectivity index (χ4v) is 9.80. The number of nitrogens with one attached hydrogen (secondary N) is 2. The van der Waals surface area contributed by atoms with E-state index in [1.165, 1.54) is 41.3 Å². The van der Waals surface area contributed by atoms with Crippen molar-refractivity contribution in [1.29, 1.82) is 0 Å². The number of quaternary nitrogens is 1. The second-order valence-electron chi connectivity index (χ2n) is 13.7. The van der Waals surface area contributed by atoms with Crippen LogP contribution >= 0.6 is 34.7 Å². The van der Waals surface area contributed by atoms with Gasteiger partial charge in [-0.1, -0.05) is 16.8 Å². The van der Waals surface area contributed by atoms with Gasteiger partial charge in [-0.2, -0.15) is 0 Å². The molecule has 5 heterocycles. The number of amides is 3. The molecule has 3 fully saturated rings. The van der Waals surface area contributed by atoms with Crippen LogP contribution in [-0.2, 0) is 33.5 Å². The zero-order valence-corrected chi connectivity index (χ0v) is 31.7. The largest absolute Gasteiger partial charge is 0.504 e. The van der Waals surface area contributed by atoms with E-state index in [1.807, 2.05) is 0 Å². The van der Waals surface area contributed by atoms with E-state index < -0.39 is 76.8 Å². The van der Waals surface area contributed by atoms with Crippen molar-refractivity contribution in [2.45, 2.75) is 67.7 Å². The Morgan fingerprint density at radius 1 is 1.15 bits per heavy atom. The van der Waals surface area contributed by atoms with Gasteiger partial charge >= 0.3 is 17.9 Å². The first-order chi connectivity index (χ1) is 26.0. The van der Waals surface area contributed by atoms with Crippen LogP contribution in [0.5, 0.6) is 11.5 Å². The number of aromatic nitrogens is 1. The van der Waals surface area contributed by atoms with E-state index in [-0.39, 0.29) is 45.2 Å². The number of hydrogen-bond acceptors (Lipinski definition) is 15. The van der Waals surface area contributed by atoms with Gasteiger partial charge < -0.3 is 50.9 Å². The lowest BCUT2D eigenvalue weighted by Crippen LogP contribution is -2.71. The van der Waals surface area contributed by atoms with Gasteiger partial charge in [0.25, 0.3) is 17.7 Å². The van der Waals surface area contributed by atoms with Crippen molar-refractivity contribution in [2.24, 2.45) is 5.16 Å². The number of aliphatic carboxylic acids is 2. The van der Waals surface area contributed by atoms with E-state index >= 15 is 0 Å².